The van der Waals surface area contributed by atoms with E-state index < -0.39 is 13.8 Å². The van der Waals surface area contributed by atoms with Crippen LogP contribution in [0.25, 0.3) is 6.08 Å². The second-order valence-corrected chi connectivity index (χ2v) is 8.90. The highest BCUT2D eigenvalue weighted by atomic mass is 31.2. The van der Waals surface area contributed by atoms with Crippen LogP contribution in [-0.4, -0.2) is 4.67 Å². The van der Waals surface area contributed by atoms with Crippen molar-refractivity contribution in [2.24, 2.45) is 0 Å². The maximum absolute atomic E-state index is 14.1. The predicted octanol–water partition coefficient (Wildman–Crippen LogP) is 6.42. The van der Waals surface area contributed by atoms with E-state index in [1.54, 1.807) is 30.5 Å². The second-order valence-electron chi connectivity index (χ2n) is 7.13. The van der Waals surface area contributed by atoms with E-state index in [0.29, 0.717) is 11.5 Å². The quantitative estimate of drug-likeness (QED) is 0.449. The molecule has 0 fully saturated rings. The van der Waals surface area contributed by atoms with Gasteiger partial charge in [0.2, 0.25) is 0 Å². The van der Waals surface area contributed by atoms with Crippen LogP contribution in [-0.2, 0) is 4.57 Å². The fraction of sp³-hybridized carbons (Fsp3) is 0.125. The van der Waals surface area contributed by atoms with Gasteiger partial charge in [-0.15, -0.1) is 0 Å². The highest BCUT2D eigenvalue weighted by molar-refractivity contribution is 7.52. The number of hydrogen-bond acceptors (Lipinski definition) is 4. The minimum atomic E-state index is -3.97. The van der Waals surface area contributed by atoms with Gasteiger partial charge in [0.1, 0.15) is 11.5 Å². The molecule has 3 aromatic carbocycles. The highest BCUT2D eigenvalue weighted by Crippen LogP contribution is 2.57. The third kappa shape index (κ3) is 3.96. The molecule has 3 aromatic rings. The topological polar surface area (TPSA) is 62.6 Å². The molecule has 0 amide bonds. The molecular formula is C24H21N2O3P. The highest BCUT2D eigenvalue weighted by Gasteiger charge is 2.42. The van der Waals surface area contributed by atoms with E-state index in [1.165, 1.54) is 4.67 Å². The molecule has 4 rings (SSSR count). The molecule has 0 radical (unpaired) electrons. The van der Waals surface area contributed by atoms with Gasteiger partial charge < -0.3 is 9.05 Å². The van der Waals surface area contributed by atoms with Crippen molar-refractivity contribution in [1.82, 2.24) is 4.67 Å². The fourth-order valence-corrected chi connectivity index (χ4v) is 4.92. The Morgan fingerprint density at radius 3 is 1.93 bits per heavy atom. The summed E-state index contributed by atoms with van der Waals surface area (Å²) in [6.45, 7) is 3.92. The molecule has 0 aliphatic carbocycles. The molecule has 1 heterocycles. The maximum Gasteiger partial charge on any atom is 0.545 e. The van der Waals surface area contributed by atoms with Crippen LogP contribution in [0.2, 0.25) is 0 Å². The Morgan fingerprint density at radius 1 is 0.867 bits per heavy atom. The Hall–Kier alpha value is -3.48. The van der Waals surface area contributed by atoms with Crippen molar-refractivity contribution in [2.75, 3.05) is 0 Å². The van der Waals surface area contributed by atoms with E-state index >= 15 is 0 Å². The molecule has 0 spiro atoms. The van der Waals surface area contributed by atoms with Crippen LogP contribution >= 0.6 is 7.75 Å². The number of hydrogen-bond donors (Lipinski definition) is 0. The lowest BCUT2D eigenvalue weighted by molar-refractivity contribution is 0.304. The smallest absolute Gasteiger partial charge is 0.400 e. The summed E-state index contributed by atoms with van der Waals surface area (Å²) in [6.07, 6.45) is 3.42. The van der Waals surface area contributed by atoms with E-state index in [1.807, 2.05) is 68.5 Å². The molecule has 1 aliphatic heterocycles. The van der Waals surface area contributed by atoms with Gasteiger partial charge in [-0.3, -0.25) is 0 Å². The summed E-state index contributed by atoms with van der Waals surface area (Å²) in [6, 6.07) is 23.4. The van der Waals surface area contributed by atoms with Gasteiger partial charge in [-0.05, 0) is 55.3 Å². The summed E-state index contributed by atoms with van der Waals surface area (Å²) in [5.74, 6) is 0.806. The summed E-state index contributed by atoms with van der Waals surface area (Å²) in [4.78, 5) is 0. The minimum absolute atomic E-state index is 0.403. The summed E-state index contributed by atoms with van der Waals surface area (Å²) < 4.78 is 27.4. The molecule has 5 nitrogen and oxygen atoms in total. The largest absolute Gasteiger partial charge is 0.545 e. The fourth-order valence-electron chi connectivity index (χ4n) is 3.23. The van der Waals surface area contributed by atoms with Gasteiger partial charge in [-0.2, -0.15) is 5.26 Å². The van der Waals surface area contributed by atoms with Crippen molar-refractivity contribution in [3.63, 3.8) is 0 Å². The Kier molecular flexibility index (Phi) is 5.35. The van der Waals surface area contributed by atoms with Gasteiger partial charge in [0.05, 0.1) is 6.07 Å². The molecule has 1 atom stereocenters. The molecular weight excluding hydrogens is 395 g/mol. The van der Waals surface area contributed by atoms with Gasteiger partial charge in [0.15, 0.2) is 6.04 Å². The lowest BCUT2D eigenvalue weighted by Crippen LogP contribution is -2.27. The third-order valence-corrected chi connectivity index (χ3v) is 6.66. The first-order valence-electron chi connectivity index (χ1n) is 9.57. The first-order valence-corrected chi connectivity index (χ1v) is 11.1. The summed E-state index contributed by atoms with van der Waals surface area (Å²) in [5, 5.41) is 9.92. The van der Waals surface area contributed by atoms with Crippen LogP contribution in [0.1, 0.15) is 28.3 Å². The number of aryl methyl sites for hydroxylation is 2. The molecule has 1 aliphatic rings. The van der Waals surface area contributed by atoms with Crippen LogP contribution in [0.5, 0.6) is 11.5 Å². The number of rotatable bonds is 5. The van der Waals surface area contributed by atoms with Crippen LogP contribution < -0.4 is 9.05 Å². The van der Waals surface area contributed by atoms with Crippen LogP contribution in [0.3, 0.4) is 0 Å². The predicted molar refractivity (Wildman–Crippen MR) is 117 cm³/mol. The van der Waals surface area contributed by atoms with Crippen molar-refractivity contribution < 1.29 is 13.6 Å². The molecule has 0 unspecified atom stereocenters. The Bertz CT molecular complexity index is 1110. The van der Waals surface area contributed by atoms with Gasteiger partial charge in [0.25, 0.3) is 0 Å². The zero-order chi connectivity index (χ0) is 21.1. The van der Waals surface area contributed by atoms with Crippen molar-refractivity contribution >= 4 is 13.8 Å². The van der Waals surface area contributed by atoms with E-state index in [0.717, 1.165) is 22.3 Å². The zero-order valence-corrected chi connectivity index (χ0v) is 17.6. The molecule has 0 N–H and O–H groups in total. The first-order chi connectivity index (χ1) is 14.5. The van der Waals surface area contributed by atoms with Gasteiger partial charge in [0, 0.05) is 6.20 Å². The maximum atomic E-state index is 14.1. The Labute approximate surface area is 176 Å². The number of nitrogens with zero attached hydrogens (tertiary/aromatic N) is 2. The summed E-state index contributed by atoms with van der Waals surface area (Å²) in [7, 11) is -3.97. The third-order valence-electron chi connectivity index (χ3n) is 4.85. The minimum Gasteiger partial charge on any atom is -0.400 e. The van der Waals surface area contributed by atoms with Crippen LogP contribution in [0.4, 0.5) is 0 Å². The second kappa shape index (κ2) is 8.10. The standard InChI is InChI=1S/C24H21N2O3P/c1-18-7-11-21(12-8-18)28-30(27,29-22-13-9-19(2)10-14-22)26-16-15-20-5-3-4-6-23(20)24(26)17-25/h3-16,24H,1-2H3/t24-/m0/s1. The van der Waals surface area contributed by atoms with E-state index in [9.17, 15) is 9.83 Å². The van der Waals surface area contributed by atoms with E-state index in [4.69, 9.17) is 9.05 Å². The molecule has 0 aromatic heterocycles. The first kappa shape index (κ1) is 19.8. The van der Waals surface area contributed by atoms with E-state index in [-0.39, 0.29) is 0 Å². The Balaban J connectivity index is 1.76. The number of nitriles is 1. The van der Waals surface area contributed by atoms with Crippen molar-refractivity contribution in [3.05, 3.63) is 101 Å². The molecule has 150 valence electrons. The molecule has 0 saturated heterocycles. The average molecular weight is 416 g/mol. The van der Waals surface area contributed by atoms with Crippen molar-refractivity contribution in [1.29, 1.82) is 5.26 Å². The van der Waals surface area contributed by atoms with Crippen molar-refractivity contribution in [3.8, 4) is 17.6 Å². The molecule has 6 heteroatoms. The molecule has 0 saturated carbocycles. The van der Waals surface area contributed by atoms with Crippen LogP contribution in [0, 0.1) is 25.2 Å². The normalized spacial score (nSPS) is 15.2. The Morgan fingerprint density at radius 2 is 1.40 bits per heavy atom. The van der Waals surface area contributed by atoms with Crippen LogP contribution in [0.15, 0.2) is 79.0 Å². The van der Waals surface area contributed by atoms with E-state index in [2.05, 4.69) is 6.07 Å². The number of benzene rings is 3. The summed E-state index contributed by atoms with van der Waals surface area (Å²) in [5.41, 5.74) is 3.76. The SMILES string of the molecule is Cc1ccc(OP(=O)(Oc2ccc(C)cc2)N2C=Cc3ccccc3[C@@H]2C#N)cc1. The van der Waals surface area contributed by atoms with Gasteiger partial charge >= 0.3 is 7.75 Å². The average Bonchev–Trinajstić information content (AvgIpc) is 2.76. The lowest BCUT2D eigenvalue weighted by atomic mass is 9.99. The molecule has 0 bridgehead atoms. The summed E-state index contributed by atoms with van der Waals surface area (Å²) >= 11 is 0. The number of fused-ring (bicyclic) bond motifs is 1. The molecule has 30 heavy (non-hydrogen) atoms. The van der Waals surface area contributed by atoms with Crippen molar-refractivity contribution in [2.45, 2.75) is 19.9 Å². The van der Waals surface area contributed by atoms with Gasteiger partial charge in [-0.1, -0.05) is 59.7 Å². The zero-order valence-electron chi connectivity index (χ0n) is 16.7. The lowest BCUT2D eigenvalue weighted by Gasteiger charge is -2.34. The monoisotopic (exact) mass is 416 g/mol. The van der Waals surface area contributed by atoms with Gasteiger partial charge in [-0.25, -0.2) is 9.24 Å².